The second kappa shape index (κ2) is 5.71. The molecule has 1 heteroatoms. The van der Waals surface area contributed by atoms with Crippen LogP contribution in [0.4, 0.5) is 0 Å². The number of hydrogen-bond acceptors (Lipinski definition) is 0. The maximum atomic E-state index is 2.48. The van der Waals surface area contributed by atoms with E-state index in [4.69, 9.17) is 0 Å². The summed E-state index contributed by atoms with van der Waals surface area (Å²) < 4.78 is 1.43. The van der Waals surface area contributed by atoms with Crippen LogP contribution in [0.3, 0.4) is 0 Å². The number of aryl methyl sites for hydroxylation is 4. The van der Waals surface area contributed by atoms with Crippen molar-refractivity contribution in [1.82, 2.24) is 0 Å². The van der Waals surface area contributed by atoms with E-state index < -0.39 is 23.2 Å². The van der Waals surface area contributed by atoms with Crippen molar-refractivity contribution < 1.29 is 23.2 Å². The molecule has 0 spiro atoms. The van der Waals surface area contributed by atoms with E-state index in [-0.39, 0.29) is 0 Å². The SMILES string of the molecule is Cc1cc(C)c2c(c1)[CH]([Zr][CH]1C=Cc3c(C)cc(C)cc31)C=C2. The summed E-state index contributed by atoms with van der Waals surface area (Å²) in [7, 11) is 0. The van der Waals surface area contributed by atoms with Gasteiger partial charge in [-0.15, -0.1) is 0 Å². The molecule has 0 N–H and O–H groups in total. The van der Waals surface area contributed by atoms with Crippen molar-refractivity contribution in [1.29, 1.82) is 0 Å². The van der Waals surface area contributed by atoms with E-state index >= 15 is 0 Å². The fraction of sp³-hybridized carbons (Fsp3) is 0.273. The van der Waals surface area contributed by atoms with E-state index in [9.17, 15) is 0 Å². The first-order chi connectivity index (χ1) is 11.0. The molecule has 2 aliphatic carbocycles. The molecule has 0 amide bonds. The first-order valence-corrected chi connectivity index (χ1v) is 11.2. The Morgan fingerprint density at radius 1 is 0.652 bits per heavy atom. The van der Waals surface area contributed by atoms with Crippen molar-refractivity contribution >= 4 is 12.2 Å². The number of allylic oxidation sites excluding steroid dienone is 2. The summed E-state index contributed by atoms with van der Waals surface area (Å²) >= 11 is -0.620. The predicted octanol–water partition coefficient (Wildman–Crippen LogP) is 5.84. The zero-order valence-electron chi connectivity index (χ0n) is 14.3. The molecule has 0 nitrogen and oxygen atoms in total. The number of benzene rings is 2. The number of fused-ring (bicyclic) bond motifs is 2. The molecular formula is C22H22Zr. The van der Waals surface area contributed by atoms with Crippen LogP contribution in [0, 0.1) is 27.7 Å². The van der Waals surface area contributed by atoms with Gasteiger partial charge < -0.3 is 0 Å². The van der Waals surface area contributed by atoms with Crippen LogP contribution in [0.1, 0.15) is 51.8 Å². The van der Waals surface area contributed by atoms with Crippen LogP contribution in [-0.2, 0) is 23.2 Å². The fourth-order valence-corrected chi connectivity index (χ4v) is 8.10. The molecule has 0 heterocycles. The van der Waals surface area contributed by atoms with Crippen LogP contribution < -0.4 is 0 Å². The Morgan fingerprint density at radius 3 is 1.52 bits per heavy atom. The zero-order valence-corrected chi connectivity index (χ0v) is 16.7. The Hall–Kier alpha value is -1.20. The van der Waals surface area contributed by atoms with Gasteiger partial charge >= 0.3 is 151 Å². The summed E-state index contributed by atoms with van der Waals surface area (Å²) in [6, 6.07) is 9.48. The topological polar surface area (TPSA) is 0 Å². The summed E-state index contributed by atoms with van der Waals surface area (Å²) in [5.41, 5.74) is 11.9. The van der Waals surface area contributed by atoms with Gasteiger partial charge in [0.15, 0.2) is 0 Å². The van der Waals surface area contributed by atoms with Gasteiger partial charge in [-0.05, 0) is 0 Å². The third-order valence-electron chi connectivity index (χ3n) is 5.07. The van der Waals surface area contributed by atoms with E-state index in [1.807, 2.05) is 0 Å². The molecule has 0 saturated carbocycles. The van der Waals surface area contributed by atoms with E-state index in [1.54, 1.807) is 11.1 Å². The Labute approximate surface area is 150 Å². The average Bonchev–Trinajstić information content (AvgIpc) is 3.05. The van der Waals surface area contributed by atoms with Gasteiger partial charge in [0.2, 0.25) is 0 Å². The standard InChI is InChI=1S/2C11H11.Zr/c2*1-8-6-9(2)11-5-3-4-10(11)7-8;/h2*3-7H,1-2H3;. The van der Waals surface area contributed by atoms with Crippen molar-refractivity contribution in [3.63, 3.8) is 0 Å². The van der Waals surface area contributed by atoms with Crippen molar-refractivity contribution in [3.05, 3.63) is 80.9 Å². The summed E-state index contributed by atoms with van der Waals surface area (Å²) in [6.45, 7) is 8.96. The summed E-state index contributed by atoms with van der Waals surface area (Å²) in [6.07, 6.45) is 9.71. The molecule has 2 unspecified atom stereocenters. The first kappa shape index (κ1) is 15.3. The van der Waals surface area contributed by atoms with E-state index in [0.29, 0.717) is 7.25 Å². The van der Waals surface area contributed by atoms with Crippen molar-refractivity contribution in [2.24, 2.45) is 0 Å². The number of hydrogen-bond donors (Lipinski definition) is 0. The molecular weight excluding hydrogens is 355 g/mol. The van der Waals surface area contributed by atoms with Crippen LogP contribution in [0.15, 0.2) is 36.4 Å². The van der Waals surface area contributed by atoms with E-state index in [0.717, 1.165) is 0 Å². The molecule has 2 aromatic rings. The summed E-state index contributed by atoms with van der Waals surface area (Å²) in [5, 5.41) is 0. The van der Waals surface area contributed by atoms with Gasteiger partial charge in [-0.1, -0.05) is 0 Å². The normalized spacial score (nSPS) is 20.7. The molecule has 114 valence electrons. The third kappa shape index (κ3) is 2.64. The zero-order chi connectivity index (χ0) is 16.1. The predicted molar refractivity (Wildman–Crippen MR) is 95.4 cm³/mol. The van der Waals surface area contributed by atoms with Crippen LogP contribution in [0.5, 0.6) is 0 Å². The maximum absolute atomic E-state index is 2.48. The van der Waals surface area contributed by atoms with E-state index in [1.165, 1.54) is 33.4 Å². The molecule has 2 atom stereocenters. The van der Waals surface area contributed by atoms with Crippen LogP contribution in [0.2, 0.25) is 0 Å². The van der Waals surface area contributed by atoms with Crippen LogP contribution in [-0.4, -0.2) is 0 Å². The van der Waals surface area contributed by atoms with Crippen molar-refractivity contribution in [2.75, 3.05) is 0 Å². The number of rotatable bonds is 2. The quantitative estimate of drug-likeness (QED) is 0.617. The minimum atomic E-state index is -0.620. The van der Waals surface area contributed by atoms with Gasteiger partial charge in [-0.2, -0.15) is 0 Å². The molecule has 2 aliphatic rings. The van der Waals surface area contributed by atoms with Crippen LogP contribution in [0.25, 0.3) is 12.2 Å². The van der Waals surface area contributed by atoms with Gasteiger partial charge in [-0.3, -0.25) is 0 Å². The minimum absolute atomic E-state index is 0.620. The molecule has 0 fully saturated rings. The Balaban J connectivity index is 1.67. The fourth-order valence-electron chi connectivity index (χ4n) is 4.07. The van der Waals surface area contributed by atoms with Crippen molar-refractivity contribution in [3.8, 4) is 0 Å². The Bertz CT molecular complexity index is 783. The third-order valence-corrected chi connectivity index (χ3v) is 9.31. The molecule has 4 rings (SSSR count). The monoisotopic (exact) mass is 376 g/mol. The first-order valence-electron chi connectivity index (χ1n) is 8.37. The molecule has 2 aromatic carbocycles. The van der Waals surface area contributed by atoms with Crippen LogP contribution >= 0.6 is 0 Å². The summed E-state index contributed by atoms with van der Waals surface area (Å²) in [4.78, 5) is 0. The van der Waals surface area contributed by atoms with Gasteiger partial charge in [0, 0.05) is 0 Å². The van der Waals surface area contributed by atoms with Gasteiger partial charge in [-0.25, -0.2) is 0 Å². The average molecular weight is 378 g/mol. The second-order valence-corrected chi connectivity index (χ2v) is 10.9. The Morgan fingerprint density at radius 2 is 1.09 bits per heavy atom. The van der Waals surface area contributed by atoms with E-state index in [2.05, 4.69) is 76.3 Å². The Kier molecular flexibility index (Phi) is 3.81. The van der Waals surface area contributed by atoms with Gasteiger partial charge in [0.1, 0.15) is 0 Å². The summed E-state index contributed by atoms with van der Waals surface area (Å²) in [5.74, 6) is 0. The molecule has 0 aliphatic heterocycles. The molecule has 0 saturated heterocycles. The van der Waals surface area contributed by atoms with Crippen molar-refractivity contribution in [2.45, 2.75) is 34.9 Å². The van der Waals surface area contributed by atoms with Gasteiger partial charge in [0.25, 0.3) is 0 Å². The second-order valence-electron chi connectivity index (χ2n) is 7.01. The molecule has 0 radical (unpaired) electrons. The van der Waals surface area contributed by atoms with Gasteiger partial charge in [0.05, 0.1) is 0 Å². The molecule has 0 aromatic heterocycles. The molecule has 0 bridgehead atoms. The molecule has 23 heavy (non-hydrogen) atoms.